The number of aryl methyl sites for hydroxylation is 3. The van der Waals surface area contributed by atoms with Crippen LogP contribution < -0.4 is 10.6 Å². The van der Waals surface area contributed by atoms with E-state index in [-0.39, 0.29) is 18.0 Å². The molecular weight excluding hydrogens is 533 g/mol. The van der Waals surface area contributed by atoms with Crippen molar-refractivity contribution in [3.63, 3.8) is 0 Å². The number of pyridine rings is 1. The molecule has 1 aliphatic rings. The van der Waals surface area contributed by atoms with Crippen LogP contribution >= 0.6 is 34.8 Å². The number of benzene rings is 1. The molecule has 32 heavy (non-hydrogen) atoms. The number of nitrogens with one attached hydrogen (secondary N) is 3. The quantitative estimate of drug-likeness (QED) is 0.295. The molecule has 2 unspecified atom stereocenters. The predicted molar refractivity (Wildman–Crippen MR) is 140 cm³/mol. The Balaban J connectivity index is 1.58. The minimum Gasteiger partial charge on any atom is -0.362 e. The zero-order valence-corrected chi connectivity index (χ0v) is 21.3. The summed E-state index contributed by atoms with van der Waals surface area (Å²) < 4.78 is 1.19. The molecule has 1 aliphatic heterocycles. The van der Waals surface area contributed by atoms with Crippen molar-refractivity contribution in [1.29, 1.82) is 0 Å². The largest absolute Gasteiger partial charge is 0.362 e. The molecule has 0 aliphatic carbocycles. The number of amides is 1. The van der Waals surface area contributed by atoms with Crippen LogP contribution in [0.5, 0.6) is 0 Å². The molecule has 3 N–H and O–H groups in total. The minimum absolute atomic E-state index is 0.0339. The maximum Gasteiger partial charge on any atom is 0.226 e. The van der Waals surface area contributed by atoms with Gasteiger partial charge in [0.25, 0.3) is 0 Å². The van der Waals surface area contributed by atoms with Gasteiger partial charge in [-0.25, -0.2) is 0 Å². The lowest BCUT2D eigenvalue weighted by Crippen LogP contribution is -2.33. The number of carbonyl (C=O) groups excluding carboxylic acids is 1. The van der Waals surface area contributed by atoms with Crippen molar-refractivity contribution in [2.45, 2.75) is 39.3 Å². The first-order valence-electron chi connectivity index (χ1n) is 10.5. The highest BCUT2D eigenvalue weighted by atomic mass is 127. The Morgan fingerprint density at radius 3 is 2.53 bits per heavy atom. The van der Waals surface area contributed by atoms with Crippen molar-refractivity contribution < 1.29 is 4.79 Å². The molecular formula is C24H26IN5OS. The molecule has 4 rings (SSSR count). The Morgan fingerprint density at radius 2 is 1.91 bits per heavy atom. The van der Waals surface area contributed by atoms with Crippen LogP contribution in [0.2, 0.25) is 0 Å². The Hall–Kier alpha value is -2.46. The standard InChI is InChI=1S/C24H26IN5OS/c1-14-7-9-17(10-8-14)28-19(31)11-13-30-23(20-15(2)27-16(3)21(20)25)22(29-24(30)32)18-6-4-5-12-26-18/h4-10,12,22-23,27H,11,13H2,1-3H3,(H,28,31)(H,29,32). The molecule has 8 heteroatoms. The average Bonchev–Trinajstić information content (AvgIpc) is 3.23. The summed E-state index contributed by atoms with van der Waals surface area (Å²) in [5.41, 5.74) is 6.33. The van der Waals surface area contributed by atoms with Gasteiger partial charge >= 0.3 is 0 Å². The second-order valence-corrected chi connectivity index (χ2v) is 9.55. The van der Waals surface area contributed by atoms with Gasteiger partial charge in [-0.05, 0) is 79.8 Å². The van der Waals surface area contributed by atoms with E-state index in [1.54, 1.807) is 6.20 Å². The zero-order chi connectivity index (χ0) is 22.8. The van der Waals surface area contributed by atoms with Gasteiger partial charge in [-0.2, -0.15) is 0 Å². The third-order valence-electron chi connectivity index (χ3n) is 5.75. The molecule has 0 bridgehead atoms. The van der Waals surface area contributed by atoms with Gasteiger partial charge in [-0.1, -0.05) is 23.8 Å². The molecule has 3 heterocycles. The van der Waals surface area contributed by atoms with Crippen LogP contribution in [0.15, 0.2) is 48.7 Å². The van der Waals surface area contributed by atoms with Gasteiger partial charge in [-0.3, -0.25) is 9.78 Å². The van der Waals surface area contributed by atoms with Gasteiger partial charge in [-0.15, -0.1) is 0 Å². The van der Waals surface area contributed by atoms with Crippen LogP contribution in [0, 0.1) is 24.3 Å². The van der Waals surface area contributed by atoms with E-state index in [0.29, 0.717) is 18.1 Å². The molecule has 3 aromatic rings. The molecule has 2 atom stereocenters. The Bertz CT molecular complexity index is 1130. The summed E-state index contributed by atoms with van der Waals surface area (Å²) in [4.78, 5) is 22.8. The number of aromatic amines is 1. The lowest BCUT2D eigenvalue weighted by molar-refractivity contribution is -0.116. The monoisotopic (exact) mass is 559 g/mol. The van der Waals surface area contributed by atoms with E-state index in [4.69, 9.17) is 12.2 Å². The summed E-state index contributed by atoms with van der Waals surface area (Å²) >= 11 is 8.12. The number of H-pyrrole nitrogens is 1. The van der Waals surface area contributed by atoms with E-state index >= 15 is 0 Å². The van der Waals surface area contributed by atoms with Crippen molar-refractivity contribution in [3.05, 3.63) is 80.4 Å². The van der Waals surface area contributed by atoms with Crippen molar-refractivity contribution >= 4 is 51.5 Å². The van der Waals surface area contributed by atoms with E-state index in [1.807, 2.05) is 49.4 Å². The number of nitrogens with zero attached hydrogens (tertiary/aromatic N) is 2. The van der Waals surface area contributed by atoms with Crippen LogP contribution in [0.1, 0.15) is 46.7 Å². The molecule has 1 fully saturated rings. The maximum absolute atomic E-state index is 12.7. The second kappa shape index (κ2) is 9.58. The first kappa shape index (κ1) is 22.7. The first-order valence-corrected chi connectivity index (χ1v) is 12.0. The smallest absolute Gasteiger partial charge is 0.226 e. The van der Waals surface area contributed by atoms with Crippen LogP contribution in [-0.4, -0.2) is 32.4 Å². The number of anilines is 1. The van der Waals surface area contributed by atoms with Gasteiger partial charge < -0.3 is 20.5 Å². The second-order valence-electron chi connectivity index (χ2n) is 8.09. The fourth-order valence-electron chi connectivity index (χ4n) is 4.16. The number of halogens is 1. The third kappa shape index (κ3) is 4.66. The van der Waals surface area contributed by atoms with E-state index in [2.05, 4.69) is 61.9 Å². The molecule has 1 amide bonds. The molecule has 1 saturated heterocycles. The highest BCUT2D eigenvalue weighted by Crippen LogP contribution is 2.42. The van der Waals surface area contributed by atoms with Crippen molar-refractivity contribution in [2.75, 3.05) is 11.9 Å². The van der Waals surface area contributed by atoms with Crippen LogP contribution in [0.3, 0.4) is 0 Å². The summed E-state index contributed by atoms with van der Waals surface area (Å²) in [7, 11) is 0. The van der Waals surface area contributed by atoms with Gasteiger partial charge in [0.05, 0.1) is 17.8 Å². The summed E-state index contributed by atoms with van der Waals surface area (Å²) in [5, 5.41) is 7.08. The van der Waals surface area contributed by atoms with Gasteiger partial charge in [0.15, 0.2) is 5.11 Å². The number of aromatic nitrogens is 2. The maximum atomic E-state index is 12.7. The Morgan fingerprint density at radius 1 is 1.16 bits per heavy atom. The van der Waals surface area contributed by atoms with Crippen LogP contribution in [0.4, 0.5) is 5.69 Å². The van der Waals surface area contributed by atoms with Crippen molar-refractivity contribution in [2.24, 2.45) is 0 Å². The van der Waals surface area contributed by atoms with Crippen LogP contribution in [0.25, 0.3) is 0 Å². The normalized spacial score (nSPS) is 18.0. The predicted octanol–water partition coefficient (Wildman–Crippen LogP) is 4.94. The first-order chi connectivity index (χ1) is 15.3. The highest BCUT2D eigenvalue weighted by molar-refractivity contribution is 14.1. The number of hydrogen-bond donors (Lipinski definition) is 3. The fourth-order valence-corrected chi connectivity index (χ4v) is 5.35. The van der Waals surface area contributed by atoms with E-state index < -0.39 is 0 Å². The zero-order valence-electron chi connectivity index (χ0n) is 18.3. The fraction of sp³-hybridized carbons (Fsp3) is 0.292. The van der Waals surface area contributed by atoms with E-state index in [1.165, 1.54) is 9.13 Å². The molecule has 6 nitrogen and oxygen atoms in total. The summed E-state index contributed by atoms with van der Waals surface area (Å²) in [6, 6.07) is 13.6. The molecule has 1 aromatic carbocycles. The van der Waals surface area contributed by atoms with E-state index in [0.717, 1.165) is 28.3 Å². The third-order valence-corrected chi connectivity index (χ3v) is 7.50. The molecule has 2 aromatic heterocycles. The van der Waals surface area contributed by atoms with E-state index in [9.17, 15) is 4.79 Å². The number of carbonyl (C=O) groups is 1. The minimum atomic E-state index is -0.0914. The Labute approximate surface area is 207 Å². The topological polar surface area (TPSA) is 73.1 Å². The summed E-state index contributed by atoms with van der Waals surface area (Å²) in [6.07, 6.45) is 2.13. The van der Waals surface area contributed by atoms with Crippen molar-refractivity contribution in [3.8, 4) is 0 Å². The lowest BCUT2D eigenvalue weighted by Gasteiger charge is -2.28. The van der Waals surface area contributed by atoms with Gasteiger partial charge in [0.1, 0.15) is 0 Å². The molecule has 0 radical (unpaired) electrons. The molecule has 0 saturated carbocycles. The average molecular weight is 559 g/mol. The Kier molecular flexibility index (Phi) is 6.80. The highest BCUT2D eigenvalue weighted by Gasteiger charge is 2.42. The number of rotatable bonds is 6. The number of hydrogen-bond acceptors (Lipinski definition) is 3. The SMILES string of the molecule is Cc1ccc(NC(=O)CCN2C(=S)NC(c3ccccn3)C2c2c(C)[nH]c(C)c2I)cc1. The molecule has 0 spiro atoms. The lowest BCUT2D eigenvalue weighted by atomic mass is 9.96. The van der Waals surface area contributed by atoms with Gasteiger partial charge in [0.2, 0.25) is 5.91 Å². The summed E-state index contributed by atoms with van der Waals surface area (Å²) in [6.45, 7) is 6.70. The number of thiocarbonyl (C=S) groups is 1. The van der Waals surface area contributed by atoms with Crippen LogP contribution in [-0.2, 0) is 4.79 Å². The van der Waals surface area contributed by atoms with Gasteiger partial charge in [0, 0.05) is 45.4 Å². The molecule has 166 valence electrons. The van der Waals surface area contributed by atoms with Crippen molar-refractivity contribution in [1.82, 2.24) is 20.2 Å². The summed E-state index contributed by atoms with van der Waals surface area (Å²) in [5.74, 6) is -0.0339.